The first-order chi connectivity index (χ1) is 20.9. The second kappa shape index (κ2) is 17.2. The molecular formula is C34H54N2O5S2. The second-order valence-corrected chi connectivity index (χ2v) is 15.4. The number of rotatable bonds is 20. The lowest BCUT2D eigenvalue weighted by Crippen LogP contribution is -2.48. The first-order valence-electron chi connectivity index (χ1n) is 16.7. The fourth-order valence-electron chi connectivity index (χ4n) is 7.03. The van der Waals surface area contributed by atoms with E-state index in [1.165, 1.54) is 57.8 Å². The van der Waals surface area contributed by atoms with E-state index in [1.54, 1.807) is 23.5 Å². The molecule has 0 amide bonds. The van der Waals surface area contributed by atoms with Crippen LogP contribution in [-0.2, 0) is 31.1 Å². The maximum Gasteiger partial charge on any atom is 0.283 e. The molecule has 1 atom stereocenters. The van der Waals surface area contributed by atoms with Gasteiger partial charge in [0.15, 0.2) is 0 Å². The van der Waals surface area contributed by atoms with Gasteiger partial charge in [-0.1, -0.05) is 83.6 Å². The van der Waals surface area contributed by atoms with Crippen LogP contribution in [0.4, 0.5) is 0 Å². The first-order valence-corrected chi connectivity index (χ1v) is 19.2. The summed E-state index contributed by atoms with van der Waals surface area (Å²) in [6, 6.07) is 8.07. The van der Waals surface area contributed by atoms with Gasteiger partial charge >= 0.3 is 0 Å². The van der Waals surface area contributed by atoms with Gasteiger partial charge in [0, 0.05) is 30.5 Å². The maximum absolute atomic E-state index is 13.2. The van der Waals surface area contributed by atoms with E-state index >= 15 is 0 Å². The van der Waals surface area contributed by atoms with Gasteiger partial charge in [-0.25, -0.2) is 0 Å². The lowest BCUT2D eigenvalue weighted by molar-refractivity contribution is -0.115. The number of ether oxygens (including phenoxy) is 2. The van der Waals surface area contributed by atoms with Crippen LogP contribution in [-0.4, -0.2) is 50.1 Å². The highest BCUT2D eigenvalue weighted by atomic mass is 32.2. The molecule has 1 saturated heterocycles. The molecule has 3 heterocycles. The number of pyridine rings is 1. The quantitative estimate of drug-likeness (QED) is 0.107. The van der Waals surface area contributed by atoms with Crippen LogP contribution in [0, 0.1) is 0 Å². The number of hydroxylamine groups is 2. The van der Waals surface area contributed by atoms with Crippen molar-refractivity contribution in [3.8, 4) is 5.75 Å². The summed E-state index contributed by atoms with van der Waals surface area (Å²) in [5.41, 5.74) is 0.789. The van der Waals surface area contributed by atoms with Gasteiger partial charge in [0.2, 0.25) is 0 Å². The Kier molecular flexibility index (Phi) is 13.8. The normalized spacial score (nSPS) is 20.3. The van der Waals surface area contributed by atoms with Gasteiger partial charge in [0.1, 0.15) is 5.75 Å². The van der Waals surface area contributed by atoms with Crippen molar-refractivity contribution in [2.75, 3.05) is 26.0 Å². The number of unbranched alkanes of at least 4 members (excludes halogenated alkanes) is 9. The van der Waals surface area contributed by atoms with Gasteiger partial charge in [-0.2, -0.15) is 17.8 Å². The van der Waals surface area contributed by atoms with E-state index in [0.29, 0.717) is 26.1 Å². The fourth-order valence-corrected chi connectivity index (χ4v) is 8.95. The number of nitrogens with zero attached hydrogens (tertiary/aromatic N) is 2. The summed E-state index contributed by atoms with van der Waals surface area (Å²) in [5, 5.41) is 3.63. The molecular weight excluding hydrogens is 581 g/mol. The van der Waals surface area contributed by atoms with E-state index in [9.17, 15) is 8.42 Å². The third-order valence-corrected chi connectivity index (χ3v) is 11.5. The number of thiophene rings is 1. The summed E-state index contributed by atoms with van der Waals surface area (Å²) in [5.74, 6) is 0.810. The summed E-state index contributed by atoms with van der Waals surface area (Å²) in [6.45, 7) is 3.78. The number of methoxy groups -OCH3 is 1. The summed E-state index contributed by atoms with van der Waals surface area (Å²) < 4.78 is 44.3. The maximum atomic E-state index is 13.2. The minimum absolute atomic E-state index is 0.0455. The number of aromatic nitrogens is 1. The lowest BCUT2D eigenvalue weighted by Gasteiger charge is -2.47. The second-order valence-electron chi connectivity index (χ2n) is 12.7. The molecule has 2 fully saturated rings. The molecule has 2 aliphatic rings. The highest BCUT2D eigenvalue weighted by Crippen LogP contribution is 2.49. The SMILES string of the molecule is CCCCCCCCCCCCS(=O)(=O)ON(CC[C@@]1(c2ccccn2)CCOC2(CCCC2)C1)Cc1sccc1OC. The van der Waals surface area contributed by atoms with Crippen LogP contribution in [0.15, 0.2) is 35.8 Å². The Morgan fingerprint density at radius 2 is 1.70 bits per heavy atom. The van der Waals surface area contributed by atoms with Gasteiger partial charge in [0.25, 0.3) is 10.1 Å². The van der Waals surface area contributed by atoms with Crippen LogP contribution in [0.3, 0.4) is 0 Å². The van der Waals surface area contributed by atoms with E-state index in [2.05, 4.69) is 19.1 Å². The van der Waals surface area contributed by atoms with Crippen molar-refractivity contribution in [1.29, 1.82) is 0 Å². The molecule has 1 aliphatic heterocycles. The third kappa shape index (κ3) is 10.5. The average Bonchev–Trinajstić information content (AvgIpc) is 3.66. The van der Waals surface area contributed by atoms with Crippen molar-refractivity contribution in [3.63, 3.8) is 0 Å². The molecule has 0 N–H and O–H groups in total. The smallest absolute Gasteiger partial charge is 0.283 e. The molecule has 242 valence electrons. The van der Waals surface area contributed by atoms with E-state index in [0.717, 1.165) is 61.3 Å². The van der Waals surface area contributed by atoms with Crippen molar-refractivity contribution in [1.82, 2.24) is 10.0 Å². The minimum atomic E-state index is -3.72. The fraction of sp³-hybridized carbons (Fsp3) is 0.735. The zero-order valence-corrected chi connectivity index (χ0v) is 28.2. The monoisotopic (exact) mass is 634 g/mol. The van der Waals surface area contributed by atoms with E-state index in [4.69, 9.17) is 18.7 Å². The molecule has 2 aromatic heterocycles. The van der Waals surface area contributed by atoms with Gasteiger partial charge in [-0.3, -0.25) is 4.98 Å². The van der Waals surface area contributed by atoms with Crippen molar-refractivity contribution in [3.05, 3.63) is 46.4 Å². The summed E-state index contributed by atoms with van der Waals surface area (Å²) in [7, 11) is -2.07. The number of hydrogen-bond acceptors (Lipinski definition) is 8. The Hall–Kier alpha value is -1.52. The topological polar surface area (TPSA) is 78.0 Å². The van der Waals surface area contributed by atoms with Crippen LogP contribution >= 0.6 is 11.3 Å². The highest BCUT2D eigenvalue weighted by Gasteiger charge is 2.48. The Balaban J connectivity index is 1.38. The summed E-state index contributed by atoms with van der Waals surface area (Å²) in [4.78, 5) is 5.78. The molecule has 7 nitrogen and oxygen atoms in total. The molecule has 0 unspecified atom stereocenters. The Labute approximate surface area is 264 Å². The molecule has 0 radical (unpaired) electrons. The molecule has 0 aromatic carbocycles. The van der Waals surface area contributed by atoms with E-state index < -0.39 is 10.1 Å². The van der Waals surface area contributed by atoms with Crippen molar-refractivity contribution in [2.45, 2.75) is 134 Å². The third-order valence-electron chi connectivity index (χ3n) is 9.42. The van der Waals surface area contributed by atoms with Crippen LogP contribution in [0.1, 0.15) is 127 Å². The van der Waals surface area contributed by atoms with Crippen molar-refractivity contribution < 1.29 is 22.2 Å². The zero-order valence-electron chi connectivity index (χ0n) is 26.6. The van der Waals surface area contributed by atoms with Crippen LogP contribution < -0.4 is 4.74 Å². The summed E-state index contributed by atoms with van der Waals surface area (Å²) in [6.07, 6.45) is 20.6. The van der Waals surface area contributed by atoms with Crippen molar-refractivity contribution in [2.24, 2.45) is 0 Å². The molecule has 1 spiro atoms. The zero-order chi connectivity index (χ0) is 30.4. The van der Waals surface area contributed by atoms with Gasteiger partial charge in [0.05, 0.1) is 29.9 Å². The lowest BCUT2D eigenvalue weighted by atomic mass is 9.68. The molecule has 43 heavy (non-hydrogen) atoms. The predicted octanol–water partition coefficient (Wildman–Crippen LogP) is 8.59. The molecule has 1 aliphatic carbocycles. The van der Waals surface area contributed by atoms with Gasteiger partial charge in [-0.15, -0.1) is 11.3 Å². The summed E-state index contributed by atoms with van der Waals surface area (Å²) >= 11 is 1.56. The van der Waals surface area contributed by atoms with E-state index in [-0.39, 0.29) is 16.8 Å². The average molecular weight is 635 g/mol. The van der Waals surface area contributed by atoms with Crippen LogP contribution in [0.5, 0.6) is 5.75 Å². The predicted molar refractivity (Wildman–Crippen MR) is 175 cm³/mol. The van der Waals surface area contributed by atoms with Gasteiger partial charge in [-0.05, 0) is 62.1 Å². The molecule has 4 rings (SSSR count). The molecule has 0 bridgehead atoms. The minimum Gasteiger partial charge on any atom is -0.496 e. The van der Waals surface area contributed by atoms with Crippen LogP contribution in [0.2, 0.25) is 0 Å². The Bertz CT molecular complexity index is 1170. The molecule has 9 heteroatoms. The standard InChI is InChI=1S/C34H54N2O5S2/c1-3-4-5-6-7-8-9-10-11-16-27-43(37,38)41-36(28-31-30(39-2)18-26-42-31)24-21-33(32-17-12-15-23-35-32)22-25-40-34(29-33)19-13-14-20-34/h12,15,17-18,23,26H,3-11,13-14,16,19-22,24-25,27-29H2,1-2H3/t33-/m1/s1. The number of hydrogen-bond donors (Lipinski definition) is 0. The van der Waals surface area contributed by atoms with Gasteiger partial charge < -0.3 is 9.47 Å². The first kappa shape index (κ1) is 34.4. The Morgan fingerprint density at radius 1 is 0.977 bits per heavy atom. The molecule has 2 aromatic rings. The van der Waals surface area contributed by atoms with Crippen LogP contribution in [0.25, 0.3) is 0 Å². The highest BCUT2D eigenvalue weighted by molar-refractivity contribution is 7.86. The van der Waals surface area contributed by atoms with E-state index in [1.807, 2.05) is 23.7 Å². The van der Waals surface area contributed by atoms with Crippen molar-refractivity contribution >= 4 is 21.5 Å². The Morgan fingerprint density at radius 3 is 2.37 bits per heavy atom. The largest absolute Gasteiger partial charge is 0.496 e. The molecule has 1 saturated carbocycles.